The van der Waals surface area contributed by atoms with Gasteiger partial charge in [-0.25, -0.2) is 0 Å². The van der Waals surface area contributed by atoms with Gasteiger partial charge in [0.25, 0.3) is 0 Å². The van der Waals surface area contributed by atoms with Crippen LogP contribution in [0.15, 0.2) is 12.2 Å². The van der Waals surface area contributed by atoms with Crippen LogP contribution in [0.2, 0.25) is 0 Å². The van der Waals surface area contributed by atoms with E-state index in [9.17, 15) is 24.6 Å². The Morgan fingerprint density at radius 1 is 1.35 bits per heavy atom. The highest BCUT2D eigenvalue weighted by Gasteiger charge is 2.63. The average Bonchev–Trinajstić information content (AvgIpc) is 2.82. The molecule has 1 saturated carbocycles. The van der Waals surface area contributed by atoms with Gasteiger partial charge in [0.05, 0.1) is 17.9 Å². The summed E-state index contributed by atoms with van der Waals surface area (Å²) in [4.78, 5) is 37.1. The van der Waals surface area contributed by atoms with Gasteiger partial charge < -0.3 is 19.7 Å². The van der Waals surface area contributed by atoms with E-state index in [2.05, 4.69) is 0 Å². The molecule has 7 heteroatoms. The molecule has 0 amide bonds. The SMILES string of the molecule is C/C=C/C(=O)[C@]1(O)[C@@H](C)[C@H](O)C[C@@H]2[C@@H](OC(=O)[C@@H]2C)[C@@H]1OC(=O)C(C)C. The third kappa shape index (κ3) is 3.30. The second kappa shape index (κ2) is 7.48. The van der Waals surface area contributed by atoms with Crippen molar-refractivity contribution < 1.29 is 34.1 Å². The van der Waals surface area contributed by atoms with Crippen molar-refractivity contribution in [3.63, 3.8) is 0 Å². The number of carbonyl (C=O) groups is 3. The number of aliphatic hydroxyl groups excluding tert-OH is 1. The van der Waals surface area contributed by atoms with E-state index in [4.69, 9.17) is 9.47 Å². The number of fused-ring (bicyclic) bond motifs is 1. The first-order valence-corrected chi connectivity index (χ1v) is 9.04. The summed E-state index contributed by atoms with van der Waals surface area (Å²) < 4.78 is 10.9. The zero-order valence-corrected chi connectivity index (χ0v) is 15.8. The second-order valence-corrected chi connectivity index (χ2v) is 7.65. The Balaban J connectivity index is 2.58. The molecule has 2 rings (SSSR count). The minimum Gasteiger partial charge on any atom is -0.458 e. The summed E-state index contributed by atoms with van der Waals surface area (Å²) in [5.41, 5.74) is -2.19. The van der Waals surface area contributed by atoms with Crippen molar-refractivity contribution in [3.8, 4) is 0 Å². The molecule has 0 aromatic heterocycles. The average molecular weight is 368 g/mol. The van der Waals surface area contributed by atoms with Crippen molar-refractivity contribution in [2.75, 3.05) is 0 Å². The summed E-state index contributed by atoms with van der Waals surface area (Å²) in [6.07, 6.45) is -0.612. The number of esters is 2. The highest BCUT2D eigenvalue weighted by Crippen LogP contribution is 2.45. The van der Waals surface area contributed by atoms with Crippen molar-refractivity contribution in [1.29, 1.82) is 0 Å². The van der Waals surface area contributed by atoms with Crippen LogP contribution >= 0.6 is 0 Å². The fraction of sp³-hybridized carbons (Fsp3) is 0.737. The molecule has 0 radical (unpaired) electrons. The minimum absolute atomic E-state index is 0.167. The maximum absolute atomic E-state index is 12.8. The van der Waals surface area contributed by atoms with Gasteiger partial charge in [0.2, 0.25) is 0 Å². The van der Waals surface area contributed by atoms with Gasteiger partial charge in [-0.3, -0.25) is 14.4 Å². The van der Waals surface area contributed by atoms with E-state index in [1.54, 1.807) is 27.7 Å². The van der Waals surface area contributed by atoms with Crippen LogP contribution in [0.5, 0.6) is 0 Å². The molecule has 2 N–H and O–H groups in total. The lowest BCUT2D eigenvalue weighted by Gasteiger charge is -2.39. The number of carbonyl (C=O) groups excluding carboxylic acids is 3. The molecule has 0 unspecified atom stereocenters. The van der Waals surface area contributed by atoms with Crippen LogP contribution in [-0.2, 0) is 23.9 Å². The predicted octanol–water partition coefficient (Wildman–Crippen LogP) is 1.01. The van der Waals surface area contributed by atoms with E-state index >= 15 is 0 Å². The number of hydrogen-bond donors (Lipinski definition) is 2. The Morgan fingerprint density at radius 2 is 1.96 bits per heavy atom. The molecule has 0 aromatic carbocycles. The quantitative estimate of drug-likeness (QED) is 0.563. The summed E-state index contributed by atoms with van der Waals surface area (Å²) in [5.74, 6) is -4.18. The maximum Gasteiger partial charge on any atom is 0.309 e. The number of ether oxygens (including phenoxy) is 2. The van der Waals surface area contributed by atoms with Crippen molar-refractivity contribution in [2.24, 2.45) is 23.7 Å². The number of allylic oxidation sites excluding steroid dienone is 1. The topological polar surface area (TPSA) is 110 Å². The summed E-state index contributed by atoms with van der Waals surface area (Å²) in [6, 6.07) is 0. The lowest BCUT2D eigenvalue weighted by Crippen LogP contribution is -2.61. The van der Waals surface area contributed by atoms with Crippen LogP contribution in [0.4, 0.5) is 0 Å². The largest absolute Gasteiger partial charge is 0.458 e. The second-order valence-electron chi connectivity index (χ2n) is 7.65. The fourth-order valence-corrected chi connectivity index (χ4v) is 3.77. The zero-order valence-electron chi connectivity index (χ0n) is 15.8. The molecule has 1 heterocycles. The zero-order chi connectivity index (χ0) is 19.8. The molecule has 146 valence electrons. The van der Waals surface area contributed by atoms with Crippen molar-refractivity contribution in [1.82, 2.24) is 0 Å². The third-order valence-corrected chi connectivity index (χ3v) is 5.63. The highest BCUT2D eigenvalue weighted by atomic mass is 16.6. The summed E-state index contributed by atoms with van der Waals surface area (Å²) >= 11 is 0. The van der Waals surface area contributed by atoms with E-state index in [-0.39, 0.29) is 6.42 Å². The lowest BCUT2D eigenvalue weighted by atomic mass is 9.77. The Kier molecular flexibility index (Phi) is 5.92. The molecule has 1 saturated heterocycles. The van der Waals surface area contributed by atoms with E-state index < -0.39 is 65.3 Å². The van der Waals surface area contributed by atoms with E-state index in [0.717, 1.165) is 0 Å². The Labute approximate surface area is 153 Å². The first-order valence-electron chi connectivity index (χ1n) is 9.04. The van der Waals surface area contributed by atoms with Gasteiger partial charge in [-0.05, 0) is 19.4 Å². The normalized spacial score (nSPS) is 40.2. The standard InChI is InChI=1S/C19H28O7/c1-6-7-14(21)19(24)11(5)13(20)8-12-10(4)18(23)25-15(12)16(19)26-17(22)9(2)3/h6-7,9-13,15-16,20,24H,8H2,1-5H3/b7-6+/t10-,11+,12+,13-,15-,16+,19-/m1/s1. The van der Waals surface area contributed by atoms with E-state index in [1.165, 1.54) is 19.1 Å². The molecule has 0 aromatic rings. The van der Waals surface area contributed by atoms with Gasteiger partial charge in [0, 0.05) is 11.8 Å². The Hall–Kier alpha value is -1.73. The fourth-order valence-electron chi connectivity index (χ4n) is 3.77. The van der Waals surface area contributed by atoms with Crippen LogP contribution < -0.4 is 0 Å². The van der Waals surface area contributed by atoms with Crippen LogP contribution in [0.1, 0.15) is 41.0 Å². The van der Waals surface area contributed by atoms with Gasteiger partial charge in [-0.2, -0.15) is 0 Å². The maximum atomic E-state index is 12.8. The van der Waals surface area contributed by atoms with Crippen LogP contribution in [0.3, 0.4) is 0 Å². The number of rotatable bonds is 4. The smallest absolute Gasteiger partial charge is 0.309 e. The molecule has 1 aliphatic heterocycles. The van der Waals surface area contributed by atoms with Gasteiger partial charge in [-0.15, -0.1) is 0 Å². The molecule has 26 heavy (non-hydrogen) atoms. The highest BCUT2D eigenvalue weighted by molar-refractivity contribution is 5.98. The monoisotopic (exact) mass is 368 g/mol. The minimum atomic E-state index is -2.19. The van der Waals surface area contributed by atoms with Crippen molar-refractivity contribution >= 4 is 17.7 Å². The Morgan fingerprint density at radius 3 is 2.50 bits per heavy atom. The molecule has 0 bridgehead atoms. The van der Waals surface area contributed by atoms with Crippen LogP contribution in [-0.4, -0.2) is 51.8 Å². The third-order valence-electron chi connectivity index (χ3n) is 5.63. The molecule has 2 fully saturated rings. The van der Waals surface area contributed by atoms with Crippen molar-refractivity contribution in [2.45, 2.75) is 65.0 Å². The molecule has 7 nitrogen and oxygen atoms in total. The number of ketones is 1. The molecular weight excluding hydrogens is 340 g/mol. The molecule has 7 atom stereocenters. The van der Waals surface area contributed by atoms with E-state index in [1.807, 2.05) is 0 Å². The van der Waals surface area contributed by atoms with Crippen molar-refractivity contribution in [3.05, 3.63) is 12.2 Å². The van der Waals surface area contributed by atoms with Gasteiger partial charge in [0.15, 0.2) is 17.5 Å². The summed E-state index contributed by atoms with van der Waals surface area (Å²) in [6.45, 7) is 8.09. The number of hydrogen-bond acceptors (Lipinski definition) is 7. The molecule has 2 aliphatic rings. The Bertz CT molecular complexity index is 611. The first-order chi connectivity index (χ1) is 12.0. The van der Waals surface area contributed by atoms with Crippen LogP contribution in [0, 0.1) is 23.7 Å². The van der Waals surface area contributed by atoms with Gasteiger partial charge in [-0.1, -0.05) is 33.8 Å². The molecular formula is C19H28O7. The molecule has 1 aliphatic carbocycles. The predicted molar refractivity (Wildman–Crippen MR) is 91.8 cm³/mol. The summed E-state index contributed by atoms with van der Waals surface area (Å²) in [7, 11) is 0. The van der Waals surface area contributed by atoms with Gasteiger partial charge in [0.1, 0.15) is 6.10 Å². The lowest BCUT2D eigenvalue weighted by molar-refractivity contribution is -0.199. The van der Waals surface area contributed by atoms with Gasteiger partial charge >= 0.3 is 11.9 Å². The first kappa shape index (κ1) is 20.6. The van der Waals surface area contributed by atoms with Crippen LogP contribution in [0.25, 0.3) is 0 Å². The van der Waals surface area contributed by atoms with E-state index in [0.29, 0.717) is 0 Å². The summed E-state index contributed by atoms with van der Waals surface area (Å²) in [5, 5.41) is 21.9. The molecule has 0 spiro atoms. The number of aliphatic hydroxyl groups is 2.